The lowest BCUT2D eigenvalue weighted by Crippen LogP contribution is -2.08. The van der Waals surface area contributed by atoms with Gasteiger partial charge in [-0.25, -0.2) is 0 Å². The average molecular weight is 236 g/mol. The maximum Gasteiger partial charge on any atom is 0.306 e. The zero-order valence-corrected chi connectivity index (χ0v) is 9.59. The van der Waals surface area contributed by atoms with Crippen molar-refractivity contribution in [3.8, 4) is 0 Å². The van der Waals surface area contributed by atoms with Crippen LogP contribution in [0.25, 0.3) is 0 Å². The van der Waals surface area contributed by atoms with Crippen LogP contribution in [0.15, 0.2) is 30.3 Å². The van der Waals surface area contributed by atoms with E-state index in [9.17, 15) is 9.59 Å². The Balaban J connectivity index is 2.11. The van der Waals surface area contributed by atoms with Crippen LogP contribution < -0.4 is 0 Å². The molecule has 4 nitrogen and oxygen atoms in total. The number of aliphatic carboxylic acids is 1. The van der Waals surface area contributed by atoms with Crippen LogP contribution in [0.4, 0.5) is 0 Å². The summed E-state index contributed by atoms with van der Waals surface area (Å²) in [5.74, 6) is -1.15. The van der Waals surface area contributed by atoms with Gasteiger partial charge < -0.3 is 9.84 Å². The molecule has 0 atom stereocenters. The SMILES string of the molecule is O=C(O)CCCOC(=O)CCc1ccccc1. The summed E-state index contributed by atoms with van der Waals surface area (Å²) >= 11 is 0. The van der Waals surface area contributed by atoms with E-state index in [0.29, 0.717) is 19.3 Å². The number of carboxylic acid groups (broad SMARTS) is 1. The summed E-state index contributed by atoms with van der Waals surface area (Å²) in [6.07, 6.45) is 1.38. The predicted octanol–water partition coefficient (Wildman–Crippen LogP) is 2.03. The van der Waals surface area contributed by atoms with Gasteiger partial charge in [0.2, 0.25) is 0 Å². The molecule has 0 aliphatic rings. The lowest BCUT2D eigenvalue weighted by atomic mass is 10.1. The van der Waals surface area contributed by atoms with E-state index in [4.69, 9.17) is 9.84 Å². The number of aryl methyl sites for hydroxylation is 1. The standard InChI is InChI=1S/C13H16O4/c14-12(15)7-4-10-17-13(16)9-8-11-5-2-1-3-6-11/h1-3,5-6H,4,7-10H2,(H,14,15). The van der Waals surface area contributed by atoms with Gasteiger partial charge in [-0.1, -0.05) is 30.3 Å². The Kier molecular flexibility index (Phi) is 5.79. The van der Waals surface area contributed by atoms with Crippen molar-refractivity contribution >= 4 is 11.9 Å². The number of esters is 1. The Morgan fingerprint density at radius 1 is 1.12 bits per heavy atom. The summed E-state index contributed by atoms with van der Waals surface area (Å²) in [7, 11) is 0. The van der Waals surface area contributed by atoms with Crippen LogP contribution in [0.2, 0.25) is 0 Å². The molecule has 0 radical (unpaired) electrons. The molecule has 0 spiro atoms. The van der Waals surface area contributed by atoms with E-state index in [1.807, 2.05) is 30.3 Å². The number of hydrogen-bond donors (Lipinski definition) is 1. The third-order valence-electron chi connectivity index (χ3n) is 2.26. The van der Waals surface area contributed by atoms with Crippen LogP contribution >= 0.6 is 0 Å². The second kappa shape index (κ2) is 7.44. The Bertz CT molecular complexity index is 359. The minimum atomic E-state index is -0.870. The zero-order valence-electron chi connectivity index (χ0n) is 9.59. The summed E-state index contributed by atoms with van der Waals surface area (Å²) in [6, 6.07) is 9.68. The first-order chi connectivity index (χ1) is 8.18. The van der Waals surface area contributed by atoms with Crippen LogP contribution in [0.1, 0.15) is 24.8 Å². The normalized spacial score (nSPS) is 9.88. The lowest BCUT2D eigenvalue weighted by Gasteiger charge is -2.03. The quantitative estimate of drug-likeness (QED) is 0.581. The number of benzene rings is 1. The number of carboxylic acids is 1. The average Bonchev–Trinajstić information content (AvgIpc) is 2.33. The minimum absolute atomic E-state index is 0.0337. The molecule has 0 saturated heterocycles. The van der Waals surface area contributed by atoms with E-state index in [-0.39, 0.29) is 19.0 Å². The van der Waals surface area contributed by atoms with E-state index >= 15 is 0 Å². The van der Waals surface area contributed by atoms with Gasteiger partial charge in [0.1, 0.15) is 0 Å². The molecule has 1 rings (SSSR count). The van der Waals surface area contributed by atoms with E-state index in [2.05, 4.69) is 0 Å². The van der Waals surface area contributed by atoms with Gasteiger partial charge in [0.15, 0.2) is 0 Å². The molecule has 0 amide bonds. The Morgan fingerprint density at radius 3 is 2.47 bits per heavy atom. The Hall–Kier alpha value is -1.84. The smallest absolute Gasteiger partial charge is 0.306 e. The maximum absolute atomic E-state index is 11.3. The van der Waals surface area contributed by atoms with Crippen LogP contribution in [0, 0.1) is 0 Å². The molecule has 1 N–H and O–H groups in total. The summed E-state index contributed by atoms with van der Waals surface area (Å²) in [5, 5.41) is 8.39. The highest BCUT2D eigenvalue weighted by Crippen LogP contribution is 2.03. The highest BCUT2D eigenvalue weighted by Gasteiger charge is 2.04. The van der Waals surface area contributed by atoms with Gasteiger partial charge in [-0.2, -0.15) is 0 Å². The van der Waals surface area contributed by atoms with Gasteiger partial charge in [0.25, 0.3) is 0 Å². The number of rotatable bonds is 7. The number of carbonyl (C=O) groups excluding carboxylic acids is 1. The van der Waals surface area contributed by atoms with Crippen LogP contribution in [-0.4, -0.2) is 23.7 Å². The first-order valence-corrected chi connectivity index (χ1v) is 5.60. The van der Waals surface area contributed by atoms with Gasteiger partial charge in [0, 0.05) is 12.8 Å². The molecule has 0 unspecified atom stereocenters. The minimum Gasteiger partial charge on any atom is -0.481 e. The zero-order chi connectivity index (χ0) is 12.5. The largest absolute Gasteiger partial charge is 0.481 e. The fourth-order valence-electron chi connectivity index (χ4n) is 1.37. The molecule has 4 heteroatoms. The van der Waals surface area contributed by atoms with Gasteiger partial charge >= 0.3 is 11.9 Å². The lowest BCUT2D eigenvalue weighted by molar-refractivity contribution is -0.145. The molecule has 0 heterocycles. The maximum atomic E-state index is 11.3. The number of hydrogen-bond acceptors (Lipinski definition) is 3. The molecule has 92 valence electrons. The van der Waals surface area contributed by atoms with Crippen molar-refractivity contribution in [2.45, 2.75) is 25.7 Å². The van der Waals surface area contributed by atoms with E-state index in [1.54, 1.807) is 0 Å². The molecule has 17 heavy (non-hydrogen) atoms. The summed E-state index contributed by atoms with van der Waals surface area (Å²) in [4.78, 5) is 21.5. The Labute approximate surface area is 100 Å². The highest BCUT2D eigenvalue weighted by atomic mass is 16.5. The first-order valence-electron chi connectivity index (χ1n) is 5.60. The molecular weight excluding hydrogens is 220 g/mol. The number of carbonyl (C=O) groups is 2. The third-order valence-corrected chi connectivity index (χ3v) is 2.26. The van der Waals surface area contributed by atoms with Crippen LogP contribution in [0.5, 0.6) is 0 Å². The fourth-order valence-corrected chi connectivity index (χ4v) is 1.37. The van der Waals surface area contributed by atoms with Gasteiger partial charge in [0.05, 0.1) is 6.61 Å². The molecule has 0 aliphatic carbocycles. The monoisotopic (exact) mass is 236 g/mol. The third kappa shape index (κ3) is 6.35. The predicted molar refractivity (Wildman–Crippen MR) is 62.6 cm³/mol. The van der Waals surface area contributed by atoms with Crippen molar-refractivity contribution in [1.82, 2.24) is 0 Å². The second-order valence-corrected chi connectivity index (χ2v) is 3.70. The molecule has 0 aliphatic heterocycles. The molecule has 0 saturated carbocycles. The van der Waals surface area contributed by atoms with E-state index < -0.39 is 5.97 Å². The van der Waals surface area contributed by atoms with Crippen molar-refractivity contribution in [3.05, 3.63) is 35.9 Å². The van der Waals surface area contributed by atoms with E-state index in [0.717, 1.165) is 5.56 Å². The molecule has 0 bridgehead atoms. The summed E-state index contributed by atoms with van der Waals surface area (Å²) in [6.45, 7) is 0.180. The topological polar surface area (TPSA) is 63.6 Å². The second-order valence-electron chi connectivity index (χ2n) is 3.70. The molecule has 1 aromatic carbocycles. The highest BCUT2D eigenvalue weighted by molar-refractivity contribution is 5.70. The molecule has 0 fully saturated rings. The van der Waals surface area contributed by atoms with Crippen molar-refractivity contribution < 1.29 is 19.4 Å². The summed E-state index contributed by atoms with van der Waals surface area (Å²) < 4.78 is 4.91. The van der Waals surface area contributed by atoms with Gasteiger partial charge in [-0.05, 0) is 18.4 Å². The molecule has 1 aromatic rings. The fraction of sp³-hybridized carbons (Fsp3) is 0.385. The van der Waals surface area contributed by atoms with Crippen molar-refractivity contribution in [2.75, 3.05) is 6.61 Å². The molecule has 0 aromatic heterocycles. The summed E-state index contributed by atoms with van der Waals surface area (Å²) in [5.41, 5.74) is 1.09. The Morgan fingerprint density at radius 2 is 1.82 bits per heavy atom. The van der Waals surface area contributed by atoms with Crippen molar-refractivity contribution in [3.63, 3.8) is 0 Å². The van der Waals surface area contributed by atoms with Gasteiger partial charge in [-0.15, -0.1) is 0 Å². The van der Waals surface area contributed by atoms with Crippen LogP contribution in [0.3, 0.4) is 0 Å². The van der Waals surface area contributed by atoms with Crippen LogP contribution in [-0.2, 0) is 20.7 Å². The van der Waals surface area contributed by atoms with Crippen molar-refractivity contribution in [2.24, 2.45) is 0 Å². The van der Waals surface area contributed by atoms with Crippen molar-refractivity contribution in [1.29, 1.82) is 0 Å². The molecular formula is C13H16O4. The van der Waals surface area contributed by atoms with E-state index in [1.165, 1.54) is 0 Å². The van der Waals surface area contributed by atoms with Gasteiger partial charge in [-0.3, -0.25) is 9.59 Å². The first kappa shape index (κ1) is 13.2. The number of ether oxygens (including phenoxy) is 1.